The molecule has 2 rings (SSSR count). The number of benzene rings is 2. The van der Waals surface area contributed by atoms with E-state index in [1.165, 1.54) is 0 Å². The van der Waals surface area contributed by atoms with Crippen LogP contribution in [0.5, 0.6) is 0 Å². The summed E-state index contributed by atoms with van der Waals surface area (Å²) in [6.45, 7) is 0.592. The van der Waals surface area contributed by atoms with Crippen LogP contribution in [0.15, 0.2) is 42.5 Å². The maximum Gasteiger partial charge on any atom is 0.252 e. The fourth-order valence-electron chi connectivity index (χ4n) is 2.21. The monoisotopic (exact) mass is 398 g/mol. The molecule has 7 heteroatoms. The summed E-state index contributed by atoms with van der Waals surface area (Å²) < 4.78 is 0. The second kappa shape index (κ2) is 9.09. The van der Waals surface area contributed by atoms with Crippen LogP contribution < -0.4 is 5.32 Å². The minimum Gasteiger partial charge on any atom is -0.351 e. The molecule has 132 valence electrons. The van der Waals surface area contributed by atoms with Gasteiger partial charge in [-0.25, -0.2) is 0 Å². The molecule has 2 aromatic rings. The summed E-state index contributed by atoms with van der Waals surface area (Å²) in [6, 6.07) is 11.9. The van der Waals surface area contributed by atoms with Gasteiger partial charge in [-0.15, -0.1) is 0 Å². The van der Waals surface area contributed by atoms with Crippen molar-refractivity contribution in [2.75, 3.05) is 13.6 Å². The molecule has 1 N–H and O–H groups in total. The highest BCUT2D eigenvalue weighted by atomic mass is 35.5. The maximum atomic E-state index is 12.2. The highest BCUT2D eigenvalue weighted by Crippen LogP contribution is 2.22. The Bertz CT molecular complexity index is 781. The van der Waals surface area contributed by atoms with Gasteiger partial charge in [-0.1, -0.05) is 53.0 Å². The fraction of sp³-hybridized carbons (Fsp3) is 0.222. The lowest BCUT2D eigenvalue weighted by Gasteiger charge is -2.18. The second-order valence-corrected chi connectivity index (χ2v) is 6.72. The SMILES string of the molecule is CN(Cc1ccc(Cl)cc1Cl)C(=O)CCNC(=O)c1ccccc1Cl. The molecule has 0 aliphatic carbocycles. The molecule has 0 saturated heterocycles. The van der Waals surface area contributed by atoms with Crippen molar-refractivity contribution in [3.63, 3.8) is 0 Å². The van der Waals surface area contributed by atoms with Crippen LogP contribution in [-0.2, 0) is 11.3 Å². The van der Waals surface area contributed by atoms with Gasteiger partial charge in [0.05, 0.1) is 10.6 Å². The third-order valence-electron chi connectivity index (χ3n) is 3.59. The summed E-state index contributed by atoms with van der Waals surface area (Å²) in [6.07, 6.45) is 0.178. The molecule has 0 aliphatic heterocycles. The number of nitrogens with one attached hydrogen (secondary N) is 1. The predicted molar refractivity (Wildman–Crippen MR) is 101 cm³/mol. The van der Waals surface area contributed by atoms with Gasteiger partial charge in [0.2, 0.25) is 5.91 Å². The largest absolute Gasteiger partial charge is 0.351 e. The first-order valence-electron chi connectivity index (χ1n) is 7.59. The van der Waals surface area contributed by atoms with Crippen LogP contribution in [0, 0.1) is 0 Å². The van der Waals surface area contributed by atoms with Crippen molar-refractivity contribution in [3.8, 4) is 0 Å². The lowest BCUT2D eigenvalue weighted by atomic mass is 10.2. The number of nitrogens with zero attached hydrogens (tertiary/aromatic N) is 1. The summed E-state index contributed by atoms with van der Waals surface area (Å²) in [7, 11) is 1.68. The van der Waals surface area contributed by atoms with Gasteiger partial charge >= 0.3 is 0 Å². The molecule has 0 aromatic heterocycles. The van der Waals surface area contributed by atoms with Crippen LogP contribution in [0.25, 0.3) is 0 Å². The van der Waals surface area contributed by atoms with Gasteiger partial charge in [-0.3, -0.25) is 9.59 Å². The van der Waals surface area contributed by atoms with Crippen LogP contribution in [0.2, 0.25) is 15.1 Å². The van der Waals surface area contributed by atoms with Crippen molar-refractivity contribution in [2.24, 2.45) is 0 Å². The van der Waals surface area contributed by atoms with E-state index in [1.807, 2.05) is 0 Å². The zero-order valence-electron chi connectivity index (χ0n) is 13.6. The molecule has 2 aromatic carbocycles. The highest BCUT2D eigenvalue weighted by Gasteiger charge is 2.13. The first kappa shape index (κ1) is 19.6. The molecule has 0 atom stereocenters. The van der Waals surface area contributed by atoms with Gasteiger partial charge in [-0.2, -0.15) is 0 Å². The Labute approximate surface area is 161 Å². The average Bonchev–Trinajstić information content (AvgIpc) is 2.57. The minimum atomic E-state index is -0.304. The van der Waals surface area contributed by atoms with E-state index >= 15 is 0 Å². The molecular formula is C18H17Cl3N2O2. The molecule has 0 saturated carbocycles. The topological polar surface area (TPSA) is 49.4 Å². The molecule has 0 spiro atoms. The Morgan fingerprint density at radius 3 is 2.44 bits per heavy atom. The van der Waals surface area contributed by atoms with E-state index in [9.17, 15) is 9.59 Å². The fourth-order valence-corrected chi connectivity index (χ4v) is 2.90. The Kier molecular flexibility index (Phi) is 7.12. The summed E-state index contributed by atoms with van der Waals surface area (Å²) >= 11 is 17.9. The van der Waals surface area contributed by atoms with Gasteiger partial charge in [0.1, 0.15) is 0 Å². The third kappa shape index (κ3) is 5.63. The van der Waals surface area contributed by atoms with E-state index in [1.54, 1.807) is 54.4 Å². The molecule has 0 heterocycles. The molecule has 0 fully saturated rings. The summed E-state index contributed by atoms with van der Waals surface area (Å²) in [4.78, 5) is 25.8. The van der Waals surface area contributed by atoms with Crippen molar-refractivity contribution in [1.29, 1.82) is 0 Å². The lowest BCUT2D eigenvalue weighted by molar-refractivity contribution is -0.130. The Hall–Kier alpha value is -1.75. The number of rotatable bonds is 6. The number of halogens is 3. The first-order valence-corrected chi connectivity index (χ1v) is 8.72. The van der Waals surface area contributed by atoms with Crippen LogP contribution in [0.1, 0.15) is 22.3 Å². The van der Waals surface area contributed by atoms with Crippen molar-refractivity contribution < 1.29 is 9.59 Å². The zero-order chi connectivity index (χ0) is 18.4. The number of carbonyl (C=O) groups is 2. The van der Waals surface area contributed by atoms with Crippen molar-refractivity contribution in [3.05, 3.63) is 68.7 Å². The summed E-state index contributed by atoms with van der Waals surface area (Å²) in [5.74, 6) is -0.410. The Morgan fingerprint density at radius 2 is 1.76 bits per heavy atom. The van der Waals surface area contributed by atoms with E-state index in [4.69, 9.17) is 34.8 Å². The van der Waals surface area contributed by atoms with Gasteiger partial charge < -0.3 is 10.2 Å². The van der Waals surface area contributed by atoms with E-state index < -0.39 is 0 Å². The number of hydrogen-bond donors (Lipinski definition) is 1. The van der Waals surface area contributed by atoms with Gasteiger partial charge in [0, 0.05) is 36.6 Å². The minimum absolute atomic E-state index is 0.106. The van der Waals surface area contributed by atoms with E-state index in [0.29, 0.717) is 27.2 Å². The number of carbonyl (C=O) groups excluding carboxylic acids is 2. The Morgan fingerprint density at radius 1 is 1.04 bits per heavy atom. The number of hydrogen-bond acceptors (Lipinski definition) is 2. The standard InChI is InChI=1S/C18H17Cl3N2O2/c1-23(11-12-6-7-13(19)10-16(12)21)17(24)8-9-22-18(25)14-4-2-3-5-15(14)20/h2-7,10H,8-9,11H2,1H3,(H,22,25). The predicted octanol–water partition coefficient (Wildman–Crippen LogP) is 4.43. The summed E-state index contributed by atoms with van der Waals surface area (Å²) in [5, 5.41) is 4.13. The zero-order valence-corrected chi connectivity index (χ0v) is 15.8. The maximum absolute atomic E-state index is 12.2. The van der Waals surface area contributed by atoms with Crippen LogP contribution in [0.4, 0.5) is 0 Å². The second-order valence-electron chi connectivity index (χ2n) is 5.47. The average molecular weight is 400 g/mol. The normalized spacial score (nSPS) is 10.4. The van der Waals surface area contributed by atoms with Gasteiger partial charge in [0.25, 0.3) is 5.91 Å². The lowest BCUT2D eigenvalue weighted by Crippen LogP contribution is -2.32. The van der Waals surface area contributed by atoms with Gasteiger partial charge in [0.15, 0.2) is 0 Å². The van der Waals surface area contributed by atoms with E-state index in [-0.39, 0.29) is 24.8 Å². The molecule has 0 radical (unpaired) electrons. The Balaban J connectivity index is 1.83. The molecule has 2 amide bonds. The third-order valence-corrected chi connectivity index (χ3v) is 4.51. The molecule has 0 unspecified atom stereocenters. The van der Waals surface area contributed by atoms with Gasteiger partial charge in [-0.05, 0) is 29.8 Å². The molecule has 4 nitrogen and oxygen atoms in total. The first-order chi connectivity index (χ1) is 11.9. The smallest absolute Gasteiger partial charge is 0.252 e. The van der Waals surface area contributed by atoms with E-state index in [2.05, 4.69) is 5.32 Å². The van der Waals surface area contributed by atoms with Crippen molar-refractivity contribution in [2.45, 2.75) is 13.0 Å². The molecule has 0 aliphatic rings. The van der Waals surface area contributed by atoms with Crippen LogP contribution in [0.3, 0.4) is 0 Å². The highest BCUT2D eigenvalue weighted by molar-refractivity contribution is 6.35. The molecule has 25 heavy (non-hydrogen) atoms. The van der Waals surface area contributed by atoms with Crippen molar-refractivity contribution >= 4 is 46.6 Å². The molecule has 0 bridgehead atoms. The molecular weight excluding hydrogens is 383 g/mol. The number of amides is 2. The quantitative estimate of drug-likeness (QED) is 0.781. The summed E-state index contributed by atoms with van der Waals surface area (Å²) in [5.41, 5.74) is 1.19. The van der Waals surface area contributed by atoms with E-state index in [0.717, 1.165) is 5.56 Å². The van der Waals surface area contributed by atoms with Crippen LogP contribution in [-0.4, -0.2) is 30.3 Å². The van der Waals surface area contributed by atoms with Crippen LogP contribution >= 0.6 is 34.8 Å². The van der Waals surface area contributed by atoms with Crippen molar-refractivity contribution in [1.82, 2.24) is 10.2 Å².